The van der Waals surface area contributed by atoms with Crippen LogP contribution in [-0.2, 0) is 0 Å². The smallest absolute Gasteiger partial charge is 0.0602 e. The Morgan fingerprint density at radius 1 is 0.875 bits per heavy atom. The number of rotatable bonds is 7. The van der Waals surface area contributed by atoms with Crippen LogP contribution in [-0.4, -0.2) is 57.1 Å². The molecule has 0 radical (unpaired) electrons. The van der Waals surface area contributed by atoms with Gasteiger partial charge in [0.25, 0.3) is 0 Å². The van der Waals surface area contributed by atoms with Gasteiger partial charge in [0.05, 0.1) is 18.3 Å². The second-order valence-electron chi connectivity index (χ2n) is 12.7. The summed E-state index contributed by atoms with van der Waals surface area (Å²) in [5.41, 5.74) is -0.0228. The first kappa shape index (κ1) is 24.9. The number of aliphatic hydroxyl groups is 5. The molecule has 4 aliphatic rings. The molecule has 0 heterocycles. The highest BCUT2D eigenvalue weighted by atomic mass is 16.3. The van der Waals surface area contributed by atoms with Crippen molar-refractivity contribution in [3.63, 3.8) is 0 Å². The summed E-state index contributed by atoms with van der Waals surface area (Å²) < 4.78 is 0. The first-order valence-corrected chi connectivity index (χ1v) is 13.4. The number of aliphatic hydroxyl groups excluding tert-OH is 5. The fraction of sp³-hybridized carbons (Fsp3) is 1.00. The average molecular weight is 453 g/mol. The zero-order chi connectivity index (χ0) is 23.3. The summed E-state index contributed by atoms with van der Waals surface area (Å²) in [6.07, 6.45) is 8.51. The first-order valence-electron chi connectivity index (χ1n) is 13.4. The molecule has 0 amide bonds. The molecule has 5 nitrogen and oxygen atoms in total. The Kier molecular flexibility index (Phi) is 7.36. The van der Waals surface area contributed by atoms with Crippen LogP contribution in [0.2, 0.25) is 0 Å². The van der Waals surface area contributed by atoms with E-state index >= 15 is 0 Å². The van der Waals surface area contributed by atoms with Crippen molar-refractivity contribution in [2.75, 3.05) is 13.2 Å². The van der Waals surface area contributed by atoms with E-state index in [1.807, 2.05) is 0 Å². The molecule has 0 aromatic rings. The topological polar surface area (TPSA) is 101 Å². The van der Waals surface area contributed by atoms with Gasteiger partial charge in [-0.1, -0.05) is 33.6 Å². The molecular formula is C27H48O5. The minimum absolute atomic E-state index is 0.0183. The second-order valence-corrected chi connectivity index (χ2v) is 12.7. The number of hydrogen-bond acceptors (Lipinski definition) is 5. The predicted octanol–water partition coefficient (Wildman–Crippen LogP) is 3.36. The summed E-state index contributed by atoms with van der Waals surface area (Å²) in [6.45, 7) is 7.11. The third-order valence-electron chi connectivity index (χ3n) is 11.3. The van der Waals surface area contributed by atoms with Gasteiger partial charge >= 0.3 is 0 Å². The van der Waals surface area contributed by atoms with Crippen LogP contribution in [0.15, 0.2) is 0 Å². The highest BCUT2D eigenvalue weighted by Gasteiger charge is 2.65. The maximum absolute atomic E-state index is 11.6. The lowest BCUT2D eigenvalue weighted by atomic mass is 9.43. The van der Waals surface area contributed by atoms with Gasteiger partial charge in [-0.15, -0.1) is 0 Å². The minimum atomic E-state index is -0.332. The van der Waals surface area contributed by atoms with Crippen molar-refractivity contribution in [3.05, 3.63) is 0 Å². The Bertz CT molecular complexity index is 638. The van der Waals surface area contributed by atoms with Crippen LogP contribution in [0.3, 0.4) is 0 Å². The van der Waals surface area contributed by atoms with Crippen molar-refractivity contribution in [2.24, 2.45) is 52.3 Å². The van der Waals surface area contributed by atoms with Gasteiger partial charge < -0.3 is 25.5 Å². The molecular weight excluding hydrogens is 404 g/mol. The van der Waals surface area contributed by atoms with E-state index in [1.54, 1.807) is 0 Å². The maximum Gasteiger partial charge on any atom is 0.0602 e. The standard InChI is InChI=1S/C27H48O5/c1-16(5-4-6-17(14-28)15-29)20-7-8-21-25-22(13-24(32)27(20,21)3)26(2)10-9-19(30)11-18(26)12-23(25)31/h16-25,28-32H,4-15H2,1-3H3/t16?,18-,19-,20?,21?,22?,23-,24+,25?,26?,27?/m1/s1. The summed E-state index contributed by atoms with van der Waals surface area (Å²) in [6, 6.07) is 0. The summed E-state index contributed by atoms with van der Waals surface area (Å²) >= 11 is 0. The fourth-order valence-corrected chi connectivity index (χ4v) is 9.30. The van der Waals surface area contributed by atoms with Crippen molar-refractivity contribution in [1.82, 2.24) is 0 Å². The van der Waals surface area contributed by atoms with Crippen LogP contribution in [0.5, 0.6) is 0 Å². The largest absolute Gasteiger partial charge is 0.396 e. The van der Waals surface area contributed by atoms with Gasteiger partial charge in [0.15, 0.2) is 0 Å². The van der Waals surface area contributed by atoms with E-state index in [0.29, 0.717) is 29.6 Å². The molecule has 32 heavy (non-hydrogen) atoms. The molecule has 0 bridgehead atoms. The van der Waals surface area contributed by atoms with Crippen LogP contribution in [0.1, 0.15) is 85.0 Å². The Balaban J connectivity index is 1.50. The lowest BCUT2D eigenvalue weighted by Crippen LogP contribution is -2.62. The molecule has 186 valence electrons. The van der Waals surface area contributed by atoms with Gasteiger partial charge in [-0.05, 0) is 97.7 Å². The molecule has 11 atom stereocenters. The lowest BCUT2D eigenvalue weighted by molar-refractivity contribution is -0.207. The minimum Gasteiger partial charge on any atom is -0.396 e. The van der Waals surface area contributed by atoms with Crippen LogP contribution >= 0.6 is 0 Å². The van der Waals surface area contributed by atoms with Crippen LogP contribution in [0.25, 0.3) is 0 Å². The Morgan fingerprint density at radius 3 is 2.28 bits per heavy atom. The van der Waals surface area contributed by atoms with E-state index in [2.05, 4.69) is 20.8 Å². The second kappa shape index (κ2) is 9.45. The fourth-order valence-electron chi connectivity index (χ4n) is 9.30. The average Bonchev–Trinajstić information content (AvgIpc) is 3.12. The quantitative estimate of drug-likeness (QED) is 0.408. The monoisotopic (exact) mass is 452 g/mol. The Morgan fingerprint density at radius 2 is 1.59 bits per heavy atom. The van der Waals surface area contributed by atoms with E-state index in [4.69, 9.17) is 0 Å². The molecule has 5 N–H and O–H groups in total. The first-order chi connectivity index (χ1) is 15.2. The van der Waals surface area contributed by atoms with Crippen LogP contribution in [0.4, 0.5) is 0 Å². The molecule has 0 aromatic carbocycles. The molecule has 4 fully saturated rings. The van der Waals surface area contributed by atoms with Crippen LogP contribution < -0.4 is 0 Å². The third kappa shape index (κ3) is 3.98. The van der Waals surface area contributed by atoms with Crippen molar-refractivity contribution in [3.8, 4) is 0 Å². The van der Waals surface area contributed by atoms with Crippen LogP contribution in [0, 0.1) is 52.3 Å². The van der Waals surface area contributed by atoms with Gasteiger partial charge in [-0.3, -0.25) is 0 Å². The highest BCUT2D eigenvalue weighted by molar-refractivity contribution is 5.14. The predicted molar refractivity (Wildman–Crippen MR) is 125 cm³/mol. The molecule has 7 unspecified atom stereocenters. The summed E-state index contributed by atoms with van der Waals surface area (Å²) in [4.78, 5) is 0. The van der Waals surface area contributed by atoms with E-state index in [1.165, 1.54) is 0 Å². The normalized spacial score (nSPS) is 49.4. The maximum atomic E-state index is 11.6. The molecule has 0 aliphatic heterocycles. The van der Waals surface area contributed by atoms with E-state index in [9.17, 15) is 25.5 Å². The van der Waals surface area contributed by atoms with Gasteiger partial charge in [0, 0.05) is 19.1 Å². The van der Waals surface area contributed by atoms with Gasteiger partial charge in [-0.2, -0.15) is 0 Å². The molecule has 0 saturated heterocycles. The molecule has 4 rings (SSSR count). The Hall–Kier alpha value is -0.200. The SMILES string of the molecule is CC(CCCC(CO)CO)C1CCC2C3C(C[C@H](O)C12C)C1(C)CC[C@@H](O)C[C@@H]1C[C@H]3O. The molecule has 0 spiro atoms. The van der Waals surface area contributed by atoms with Crippen molar-refractivity contribution >= 4 is 0 Å². The van der Waals surface area contributed by atoms with Crippen molar-refractivity contribution in [1.29, 1.82) is 0 Å². The molecule has 4 saturated carbocycles. The van der Waals surface area contributed by atoms with Gasteiger partial charge in [0.1, 0.15) is 0 Å². The molecule has 0 aromatic heterocycles. The van der Waals surface area contributed by atoms with Crippen molar-refractivity contribution < 1.29 is 25.5 Å². The number of fused-ring (bicyclic) bond motifs is 5. The summed E-state index contributed by atoms with van der Waals surface area (Å²) in [7, 11) is 0. The van der Waals surface area contributed by atoms with E-state index in [0.717, 1.165) is 64.2 Å². The van der Waals surface area contributed by atoms with E-state index in [-0.39, 0.29) is 54.2 Å². The summed E-state index contributed by atoms with van der Waals surface area (Å²) in [5, 5.41) is 52.0. The van der Waals surface area contributed by atoms with Gasteiger partial charge in [-0.25, -0.2) is 0 Å². The summed E-state index contributed by atoms with van der Waals surface area (Å²) in [5.74, 6) is 2.27. The zero-order valence-corrected chi connectivity index (χ0v) is 20.5. The molecule has 5 heteroatoms. The zero-order valence-electron chi connectivity index (χ0n) is 20.5. The van der Waals surface area contributed by atoms with Crippen molar-refractivity contribution in [2.45, 2.75) is 103 Å². The van der Waals surface area contributed by atoms with Gasteiger partial charge in [0.2, 0.25) is 0 Å². The van der Waals surface area contributed by atoms with E-state index < -0.39 is 0 Å². The highest BCUT2D eigenvalue weighted by Crippen LogP contribution is 2.68. The number of hydrogen-bond donors (Lipinski definition) is 5. The molecule has 4 aliphatic carbocycles. The third-order valence-corrected chi connectivity index (χ3v) is 11.3. The Labute approximate surface area is 194 Å². The lowest BCUT2D eigenvalue weighted by Gasteiger charge is -2.63.